The van der Waals surface area contributed by atoms with Crippen LogP contribution in [0.15, 0.2) is 170 Å². The summed E-state index contributed by atoms with van der Waals surface area (Å²) in [7, 11) is 0. The van der Waals surface area contributed by atoms with Gasteiger partial charge in [-0.1, -0.05) is 127 Å². The Kier molecular flexibility index (Phi) is 6.39. The fraction of sp³-hybridized carbons (Fsp3) is 0. The van der Waals surface area contributed by atoms with Crippen LogP contribution < -0.4 is 0 Å². The van der Waals surface area contributed by atoms with Crippen molar-refractivity contribution in [3.63, 3.8) is 0 Å². The number of aromatic nitrogens is 6. The predicted molar refractivity (Wildman–Crippen MR) is 203 cm³/mol. The van der Waals surface area contributed by atoms with Gasteiger partial charge in [0.2, 0.25) is 5.95 Å². The van der Waals surface area contributed by atoms with Crippen molar-refractivity contribution in [1.82, 2.24) is 29.1 Å². The van der Waals surface area contributed by atoms with Crippen LogP contribution in [0.3, 0.4) is 0 Å². The molecule has 6 nitrogen and oxygen atoms in total. The predicted octanol–water partition coefficient (Wildman–Crippen LogP) is 10.5. The number of hydrogen-bond acceptors (Lipinski definition) is 4. The summed E-state index contributed by atoms with van der Waals surface area (Å²) in [6.45, 7) is 0. The van der Waals surface area contributed by atoms with Gasteiger partial charge in [-0.05, 0) is 35.9 Å². The molecule has 0 saturated carbocycles. The number of fused-ring (bicyclic) bond motifs is 6. The lowest BCUT2D eigenvalue weighted by Crippen LogP contribution is -2.06. The fourth-order valence-electron chi connectivity index (χ4n) is 7.33. The van der Waals surface area contributed by atoms with E-state index < -0.39 is 0 Å². The van der Waals surface area contributed by atoms with Gasteiger partial charge in [-0.25, -0.2) is 4.98 Å². The average Bonchev–Trinajstić information content (AvgIpc) is 3.72. The van der Waals surface area contributed by atoms with Gasteiger partial charge in [0.15, 0.2) is 11.6 Å². The minimum Gasteiger partial charge on any atom is -0.307 e. The first kappa shape index (κ1) is 28.1. The molecule has 234 valence electrons. The van der Waals surface area contributed by atoms with Crippen LogP contribution in [0.4, 0.5) is 0 Å². The summed E-state index contributed by atoms with van der Waals surface area (Å²) < 4.78 is 4.53. The first-order valence-corrected chi connectivity index (χ1v) is 16.7. The normalized spacial score (nSPS) is 11.6. The van der Waals surface area contributed by atoms with E-state index in [1.54, 1.807) is 0 Å². The highest BCUT2D eigenvalue weighted by Crippen LogP contribution is 2.43. The van der Waals surface area contributed by atoms with Gasteiger partial charge in [-0.2, -0.15) is 9.97 Å². The Balaban J connectivity index is 1.30. The quantitative estimate of drug-likeness (QED) is 0.188. The summed E-state index contributed by atoms with van der Waals surface area (Å²) in [5, 5.41) is 4.62. The number of nitrogens with zero attached hydrogens (tertiary/aromatic N) is 6. The van der Waals surface area contributed by atoms with Crippen molar-refractivity contribution in [3.05, 3.63) is 170 Å². The van der Waals surface area contributed by atoms with E-state index in [1.807, 2.05) is 73.1 Å². The zero-order chi connectivity index (χ0) is 33.0. The van der Waals surface area contributed by atoms with Crippen molar-refractivity contribution in [2.24, 2.45) is 0 Å². The topological polar surface area (TPSA) is 61.4 Å². The van der Waals surface area contributed by atoms with Crippen LogP contribution in [0.25, 0.3) is 89.2 Å². The monoisotopic (exact) mass is 640 g/mol. The van der Waals surface area contributed by atoms with Gasteiger partial charge in [0, 0.05) is 50.1 Å². The summed E-state index contributed by atoms with van der Waals surface area (Å²) in [6, 6.07) is 54.6. The minimum absolute atomic E-state index is 0.573. The third kappa shape index (κ3) is 4.36. The summed E-state index contributed by atoms with van der Waals surface area (Å²) >= 11 is 0. The number of pyridine rings is 1. The molecule has 0 radical (unpaired) electrons. The standard InChI is InChI=1S/C44H28N6/c1-4-14-29(15-5-1)42-46-43(30-16-6-2-7-17-30)48-44(47-42)50-37-24-11-10-20-36(37)40-33(21-13-25-38(40)50)35-23-12-22-34-32-26-27-45-28-39(32)49(41(34)35)31-18-8-3-9-19-31/h1-28H. The number of benzene rings is 6. The van der Waals surface area contributed by atoms with Gasteiger partial charge in [0.25, 0.3) is 0 Å². The van der Waals surface area contributed by atoms with Crippen molar-refractivity contribution in [2.75, 3.05) is 0 Å². The second kappa shape index (κ2) is 11.4. The highest BCUT2D eigenvalue weighted by molar-refractivity contribution is 6.20. The zero-order valence-corrected chi connectivity index (χ0v) is 26.8. The van der Waals surface area contributed by atoms with Crippen LogP contribution >= 0.6 is 0 Å². The van der Waals surface area contributed by atoms with Gasteiger partial charge < -0.3 is 4.57 Å². The summed E-state index contributed by atoms with van der Waals surface area (Å²) in [6.07, 6.45) is 3.84. The van der Waals surface area contributed by atoms with Crippen molar-refractivity contribution in [3.8, 4) is 45.5 Å². The maximum Gasteiger partial charge on any atom is 0.238 e. The molecule has 0 fully saturated rings. The van der Waals surface area contributed by atoms with E-state index in [1.165, 1.54) is 10.8 Å². The van der Waals surface area contributed by atoms with Crippen LogP contribution in [0, 0.1) is 0 Å². The molecule has 10 aromatic rings. The summed E-state index contributed by atoms with van der Waals surface area (Å²) in [5.74, 6) is 1.83. The molecule has 0 saturated heterocycles. The molecule has 4 heterocycles. The third-order valence-corrected chi connectivity index (χ3v) is 9.48. The maximum absolute atomic E-state index is 5.14. The molecule has 6 aromatic carbocycles. The van der Waals surface area contributed by atoms with Crippen molar-refractivity contribution in [1.29, 1.82) is 0 Å². The maximum atomic E-state index is 5.14. The van der Waals surface area contributed by atoms with E-state index in [-0.39, 0.29) is 0 Å². The smallest absolute Gasteiger partial charge is 0.238 e. The van der Waals surface area contributed by atoms with E-state index in [2.05, 4.69) is 111 Å². The van der Waals surface area contributed by atoms with E-state index in [9.17, 15) is 0 Å². The van der Waals surface area contributed by atoms with Gasteiger partial charge in [0.05, 0.1) is 28.3 Å². The molecule has 6 heteroatoms. The zero-order valence-electron chi connectivity index (χ0n) is 26.8. The average molecular weight is 641 g/mol. The van der Waals surface area contributed by atoms with Crippen LogP contribution in [0.1, 0.15) is 0 Å². The van der Waals surface area contributed by atoms with Gasteiger partial charge in [-0.3, -0.25) is 9.55 Å². The van der Waals surface area contributed by atoms with E-state index in [4.69, 9.17) is 15.0 Å². The number of rotatable bonds is 5. The molecule has 0 bridgehead atoms. The number of para-hydroxylation sites is 3. The Bertz CT molecular complexity index is 2800. The van der Waals surface area contributed by atoms with Crippen LogP contribution in [-0.2, 0) is 0 Å². The van der Waals surface area contributed by atoms with Crippen molar-refractivity contribution in [2.45, 2.75) is 0 Å². The molecular formula is C44H28N6. The second-order valence-corrected chi connectivity index (χ2v) is 12.3. The highest BCUT2D eigenvalue weighted by Gasteiger charge is 2.22. The second-order valence-electron chi connectivity index (χ2n) is 12.3. The lowest BCUT2D eigenvalue weighted by atomic mass is 9.97. The van der Waals surface area contributed by atoms with Gasteiger partial charge in [0.1, 0.15) is 0 Å². The van der Waals surface area contributed by atoms with Crippen LogP contribution in [0.2, 0.25) is 0 Å². The van der Waals surface area contributed by atoms with E-state index in [0.29, 0.717) is 17.6 Å². The summed E-state index contributed by atoms with van der Waals surface area (Å²) in [4.78, 5) is 19.8. The Morgan fingerprint density at radius 3 is 1.74 bits per heavy atom. The van der Waals surface area contributed by atoms with Crippen LogP contribution in [0.5, 0.6) is 0 Å². The molecule has 0 aliphatic heterocycles. The van der Waals surface area contributed by atoms with Crippen LogP contribution in [-0.4, -0.2) is 29.1 Å². The SMILES string of the molecule is c1ccc(-c2nc(-c3ccccc3)nc(-n3c4ccccc4c4c(-c5cccc6c7ccncc7n(-c7ccccc7)c56)cccc43)n2)cc1. The number of hydrogen-bond donors (Lipinski definition) is 0. The molecule has 0 aliphatic rings. The van der Waals surface area contributed by atoms with E-state index >= 15 is 0 Å². The molecule has 0 unspecified atom stereocenters. The molecule has 0 aliphatic carbocycles. The lowest BCUT2D eigenvalue weighted by Gasteiger charge is -2.13. The molecular weight excluding hydrogens is 613 g/mol. The minimum atomic E-state index is 0.573. The Morgan fingerprint density at radius 2 is 1.00 bits per heavy atom. The van der Waals surface area contributed by atoms with Crippen molar-refractivity contribution >= 4 is 43.6 Å². The molecule has 0 spiro atoms. The van der Waals surface area contributed by atoms with Gasteiger partial charge >= 0.3 is 0 Å². The largest absolute Gasteiger partial charge is 0.307 e. The van der Waals surface area contributed by atoms with Gasteiger partial charge in [-0.15, -0.1) is 0 Å². The molecule has 4 aromatic heterocycles. The molecule has 0 N–H and O–H groups in total. The van der Waals surface area contributed by atoms with Crippen molar-refractivity contribution < 1.29 is 0 Å². The molecule has 10 rings (SSSR count). The fourth-order valence-corrected chi connectivity index (χ4v) is 7.33. The first-order chi connectivity index (χ1) is 24.8. The lowest BCUT2D eigenvalue weighted by molar-refractivity contribution is 0.953. The molecule has 50 heavy (non-hydrogen) atoms. The Hall–Kier alpha value is -6.92. The van der Waals surface area contributed by atoms with E-state index in [0.717, 1.165) is 60.8 Å². The third-order valence-electron chi connectivity index (χ3n) is 9.48. The first-order valence-electron chi connectivity index (χ1n) is 16.7. The Labute approximate surface area is 287 Å². The summed E-state index contributed by atoms with van der Waals surface area (Å²) in [5.41, 5.74) is 9.50. The highest BCUT2D eigenvalue weighted by atomic mass is 15.2. The Morgan fingerprint density at radius 1 is 0.400 bits per heavy atom. The molecule has 0 atom stereocenters. The molecule has 0 amide bonds.